The molecule has 0 radical (unpaired) electrons. The molecule has 5 rings (SSSR count). The van der Waals surface area contributed by atoms with E-state index < -0.39 is 5.91 Å². The van der Waals surface area contributed by atoms with Gasteiger partial charge >= 0.3 is 5.91 Å². The number of ether oxygens (including phenoxy) is 1. The summed E-state index contributed by atoms with van der Waals surface area (Å²) in [6.45, 7) is 7.33. The van der Waals surface area contributed by atoms with E-state index in [9.17, 15) is 9.90 Å². The third kappa shape index (κ3) is 5.86. The first-order chi connectivity index (χ1) is 18.9. The average molecular weight is 526 g/mol. The number of pyridine rings is 1. The number of para-hydroxylation sites is 1. The molecule has 0 saturated carbocycles. The quantitative estimate of drug-likeness (QED) is 0.249. The molecule has 4 aromatic rings. The molecular weight excluding hydrogens is 490 g/mol. The predicted molar refractivity (Wildman–Crippen MR) is 151 cm³/mol. The van der Waals surface area contributed by atoms with Gasteiger partial charge in [0.1, 0.15) is 5.75 Å². The summed E-state index contributed by atoms with van der Waals surface area (Å²) >= 11 is 0. The molecule has 1 amide bonds. The number of aromatic nitrogens is 2. The number of nitrogens with zero attached hydrogens (tertiary/aromatic N) is 5. The van der Waals surface area contributed by atoms with Crippen molar-refractivity contribution in [3.8, 4) is 11.6 Å². The molecule has 0 bridgehead atoms. The number of hydrogen-bond donors (Lipinski definition) is 1. The number of carbonyl (C=O) groups excluding carboxylic acids is 1. The summed E-state index contributed by atoms with van der Waals surface area (Å²) in [4.78, 5) is 19.3. The first kappa shape index (κ1) is 26.6. The molecule has 1 aliphatic heterocycles. The molecule has 202 valence electrons. The number of aromatic hydroxyl groups is 1. The molecule has 1 N–H and O–H groups in total. The Morgan fingerprint density at radius 2 is 2.00 bits per heavy atom. The van der Waals surface area contributed by atoms with E-state index >= 15 is 0 Å². The van der Waals surface area contributed by atoms with Crippen molar-refractivity contribution < 1.29 is 14.6 Å². The average Bonchev–Trinajstić information content (AvgIpc) is 3.21. The second kappa shape index (κ2) is 11.8. The van der Waals surface area contributed by atoms with Crippen LogP contribution in [0.25, 0.3) is 10.9 Å². The van der Waals surface area contributed by atoms with Gasteiger partial charge in [-0.25, -0.2) is 0 Å². The number of likely N-dealkylation sites (tertiary alicyclic amines) is 1. The highest BCUT2D eigenvalue weighted by Gasteiger charge is 2.27. The van der Waals surface area contributed by atoms with Gasteiger partial charge in [0.2, 0.25) is 5.88 Å². The van der Waals surface area contributed by atoms with Crippen LogP contribution in [0.2, 0.25) is 0 Å². The number of benzene rings is 2. The van der Waals surface area contributed by atoms with Crippen LogP contribution < -0.4 is 4.74 Å². The predicted octanol–water partition coefficient (Wildman–Crippen LogP) is 7.05. The molecule has 39 heavy (non-hydrogen) atoms. The van der Waals surface area contributed by atoms with Gasteiger partial charge in [0, 0.05) is 30.4 Å². The Hall–Kier alpha value is -4.04. The smallest absolute Gasteiger partial charge is 0.302 e. The van der Waals surface area contributed by atoms with Crippen LogP contribution in [0.15, 0.2) is 77.2 Å². The minimum Gasteiger partial charge on any atom is -0.493 e. The van der Waals surface area contributed by atoms with Gasteiger partial charge in [-0.15, -0.1) is 10.2 Å². The summed E-state index contributed by atoms with van der Waals surface area (Å²) < 4.78 is 7.67. The molecule has 1 fully saturated rings. The highest BCUT2D eigenvalue weighted by Crippen LogP contribution is 2.40. The van der Waals surface area contributed by atoms with Crippen LogP contribution in [0.5, 0.6) is 11.6 Å². The molecule has 0 unspecified atom stereocenters. The van der Waals surface area contributed by atoms with Crippen LogP contribution in [-0.4, -0.2) is 38.6 Å². The number of amides is 1. The number of aryl methyl sites for hydroxylation is 1. The zero-order valence-corrected chi connectivity index (χ0v) is 22.7. The van der Waals surface area contributed by atoms with Crippen LogP contribution in [-0.2, 0) is 11.5 Å². The lowest BCUT2D eigenvalue weighted by molar-refractivity contribution is -0.120. The maximum Gasteiger partial charge on any atom is 0.302 e. The molecule has 0 aliphatic carbocycles. The molecule has 8 heteroatoms. The van der Waals surface area contributed by atoms with E-state index in [-0.39, 0.29) is 30.1 Å². The van der Waals surface area contributed by atoms with Crippen molar-refractivity contribution in [2.24, 2.45) is 10.2 Å². The number of azo groups is 1. The SMILES string of the molecule is Cc1ccc(C(C)C)c(OCC(=O)N=Nc2c(O)n(CN3CCCC[C@H]3c3cccnc3)c3ccccc23)c1. The summed E-state index contributed by atoms with van der Waals surface area (Å²) in [7, 11) is 0. The van der Waals surface area contributed by atoms with Crippen LogP contribution in [0.4, 0.5) is 5.69 Å². The first-order valence-electron chi connectivity index (χ1n) is 13.5. The molecule has 0 spiro atoms. The minimum atomic E-state index is -0.518. The first-order valence-corrected chi connectivity index (χ1v) is 13.5. The number of fused-ring (bicyclic) bond motifs is 1. The standard InChI is InChI=1S/C31H35N5O3/c1-21(2)24-14-13-22(3)17-28(24)39-19-29(37)33-34-30-25-10-4-5-12-27(25)36(31(30)38)20-35-16-7-6-11-26(35)23-9-8-15-32-18-23/h4-5,8-10,12-15,17-18,21,26,38H,6-7,11,16,19-20H2,1-3H3/t26-/m0/s1. The Morgan fingerprint density at radius 3 is 2.79 bits per heavy atom. The van der Waals surface area contributed by atoms with Gasteiger partial charge in [-0.1, -0.05) is 56.7 Å². The summed E-state index contributed by atoms with van der Waals surface area (Å²) in [5.41, 5.74) is 4.39. The summed E-state index contributed by atoms with van der Waals surface area (Å²) in [5, 5.41) is 20.1. The van der Waals surface area contributed by atoms with E-state index in [1.165, 1.54) is 5.56 Å². The second-order valence-corrected chi connectivity index (χ2v) is 10.4. The van der Waals surface area contributed by atoms with Gasteiger partial charge < -0.3 is 9.84 Å². The Bertz CT molecular complexity index is 1480. The van der Waals surface area contributed by atoms with E-state index in [1.54, 1.807) is 6.20 Å². The van der Waals surface area contributed by atoms with E-state index in [2.05, 4.69) is 40.0 Å². The van der Waals surface area contributed by atoms with Crippen molar-refractivity contribution >= 4 is 22.5 Å². The highest BCUT2D eigenvalue weighted by atomic mass is 16.5. The summed E-state index contributed by atoms with van der Waals surface area (Å²) in [5.74, 6) is 0.413. The van der Waals surface area contributed by atoms with E-state index in [1.807, 2.05) is 66.2 Å². The van der Waals surface area contributed by atoms with Gasteiger partial charge in [0.05, 0.1) is 12.2 Å². The van der Waals surface area contributed by atoms with Gasteiger partial charge in [-0.3, -0.25) is 19.2 Å². The third-order valence-corrected chi connectivity index (χ3v) is 7.33. The lowest BCUT2D eigenvalue weighted by atomic mass is 9.97. The van der Waals surface area contributed by atoms with Crippen molar-refractivity contribution in [1.82, 2.24) is 14.5 Å². The fourth-order valence-electron chi connectivity index (χ4n) is 5.32. The van der Waals surface area contributed by atoms with Crippen molar-refractivity contribution in [2.45, 2.75) is 58.7 Å². The molecule has 1 atom stereocenters. The minimum absolute atomic E-state index is 0.00930. The van der Waals surface area contributed by atoms with E-state index in [4.69, 9.17) is 4.74 Å². The maximum atomic E-state index is 12.6. The molecule has 1 aliphatic rings. The zero-order valence-electron chi connectivity index (χ0n) is 22.7. The van der Waals surface area contributed by atoms with E-state index in [0.717, 1.165) is 47.8 Å². The zero-order chi connectivity index (χ0) is 27.4. The van der Waals surface area contributed by atoms with E-state index in [0.29, 0.717) is 12.4 Å². The second-order valence-electron chi connectivity index (χ2n) is 10.4. The molecule has 2 aromatic heterocycles. The van der Waals surface area contributed by atoms with Crippen LogP contribution in [0.3, 0.4) is 0 Å². The number of piperidine rings is 1. The number of carbonyl (C=O) groups is 1. The summed E-state index contributed by atoms with van der Waals surface area (Å²) in [6.07, 6.45) is 6.99. The van der Waals surface area contributed by atoms with Crippen molar-refractivity contribution in [3.05, 3.63) is 83.7 Å². The van der Waals surface area contributed by atoms with Gasteiger partial charge in [-0.2, -0.15) is 0 Å². The largest absolute Gasteiger partial charge is 0.493 e. The number of hydrogen-bond acceptors (Lipinski definition) is 6. The molecule has 3 heterocycles. The lowest BCUT2D eigenvalue weighted by Gasteiger charge is -2.36. The molecular formula is C31H35N5O3. The summed E-state index contributed by atoms with van der Waals surface area (Å²) in [6, 6.07) is 17.9. The van der Waals surface area contributed by atoms with Crippen LogP contribution in [0.1, 0.15) is 61.8 Å². The van der Waals surface area contributed by atoms with Gasteiger partial charge in [0.25, 0.3) is 0 Å². The molecule has 2 aromatic carbocycles. The topological polar surface area (TPSA) is 92.3 Å². The highest BCUT2D eigenvalue weighted by molar-refractivity contribution is 5.95. The fraction of sp³-hybridized carbons (Fsp3) is 0.355. The lowest BCUT2D eigenvalue weighted by Crippen LogP contribution is -2.34. The Balaban J connectivity index is 1.37. The van der Waals surface area contributed by atoms with Crippen LogP contribution >= 0.6 is 0 Å². The normalized spacial score (nSPS) is 16.4. The van der Waals surface area contributed by atoms with Crippen molar-refractivity contribution in [2.75, 3.05) is 13.2 Å². The van der Waals surface area contributed by atoms with Crippen molar-refractivity contribution in [3.63, 3.8) is 0 Å². The fourth-order valence-corrected chi connectivity index (χ4v) is 5.32. The Labute approximate surface area is 229 Å². The maximum absolute atomic E-state index is 12.6. The van der Waals surface area contributed by atoms with Gasteiger partial charge in [-0.05, 0) is 60.6 Å². The number of rotatable bonds is 8. The molecule has 1 saturated heterocycles. The Kier molecular flexibility index (Phi) is 8.02. The van der Waals surface area contributed by atoms with Crippen LogP contribution in [0, 0.1) is 6.92 Å². The van der Waals surface area contributed by atoms with Crippen molar-refractivity contribution in [1.29, 1.82) is 0 Å². The molecule has 8 nitrogen and oxygen atoms in total. The van der Waals surface area contributed by atoms with Gasteiger partial charge in [0.15, 0.2) is 12.3 Å². The Morgan fingerprint density at radius 1 is 1.15 bits per heavy atom. The monoisotopic (exact) mass is 525 g/mol. The third-order valence-electron chi connectivity index (χ3n) is 7.33.